The van der Waals surface area contributed by atoms with Crippen molar-refractivity contribution in [3.05, 3.63) is 76.8 Å². The first kappa shape index (κ1) is 42.3. The molecule has 0 aliphatic rings. The third-order valence-electron chi connectivity index (χ3n) is 8.31. The molecule has 0 amide bonds. The number of anilines is 1. The van der Waals surface area contributed by atoms with E-state index in [4.69, 9.17) is 24.3 Å². The van der Waals surface area contributed by atoms with E-state index in [1.54, 1.807) is 26.4 Å². The second-order valence-electron chi connectivity index (χ2n) is 12.7. The maximum absolute atomic E-state index is 12.6. The van der Waals surface area contributed by atoms with E-state index in [0.717, 1.165) is 37.8 Å². The van der Waals surface area contributed by atoms with Gasteiger partial charge < -0.3 is 19.1 Å². The SMILES string of the molecule is CCCCCCCCCCN(CCOC(=O)C(C)(C)CC)c1ccc(N=Nc2cc(OC)c(N=Nc3ccccc3)cc2OC)cc1.C[N+](=O)[O-]. The molecule has 12 nitrogen and oxygen atoms in total. The van der Waals surface area contributed by atoms with Crippen LogP contribution in [0.5, 0.6) is 11.5 Å². The Morgan fingerprint density at radius 2 is 1.24 bits per heavy atom. The topological polar surface area (TPSA) is 141 Å². The lowest BCUT2D eigenvalue weighted by Gasteiger charge is -2.26. The minimum atomic E-state index is -0.500. The van der Waals surface area contributed by atoms with Crippen LogP contribution in [0.1, 0.15) is 85.5 Å². The van der Waals surface area contributed by atoms with Crippen molar-refractivity contribution in [1.29, 1.82) is 0 Å². The molecule has 0 bridgehead atoms. The van der Waals surface area contributed by atoms with Gasteiger partial charge in [0.2, 0.25) is 0 Å². The van der Waals surface area contributed by atoms with Crippen molar-refractivity contribution in [3.8, 4) is 11.5 Å². The van der Waals surface area contributed by atoms with Gasteiger partial charge in [-0.3, -0.25) is 14.9 Å². The molecule has 0 aliphatic carbocycles. The van der Waals surface area contributed by atoms with Gasteiger partial charge in [0.25, 0.3) is 0 Å². The molecular weight excluding hydrogens is 648 g/mol. The number of nitro groups is 1. The highest BCUT2D eigenvalue weighted by atomic mass is 16.6. The molecule has 3 rings (SSSR count). The summed E-state index contributed by atoms with van der Waals surface area (Å²) in [5, 5.41) is 26.4. The predicted molar refractivity (Wildman–Crippen MR) is 204 cm³/mol. The molecule has 0 aliphatic heterocycles. The minimum Gasteiger partial charge on any atom is -0.494 e. The Balaban J connectivity index is 0.00000213. The molecular formula is C39H56N6O6. The molecule has 0 aromatic heterocycles. The van der Waals surface area contributed by atoms with E-state index in [1.165, 1.54) is 44.9 Å². The van der Waals surface area contributed by atoms with E-state index < -0.39 is 10.3 Å². The van der Waals surface area contributed by atoms with Crippen LogP contribution >= 0.6 is 0 Å². The zero-order valence-corrected chi connectivity index (χ0v) is 31.5. The molecule has 0 atom stereocenters. The Hall–Kier alpha value is -4.87. The Kier molecular flexibility index (Phi) is 19.5. The fraction of sp³-hybridized carbons (Fsp3) is 0.513. The van der Waals surface area contributed by atoms with Crippen molar-refractivity contribution in [3.63, 3.8) is 0 Å². The number of methoxy groups -OCH3 is 2. The number of rotatable bonds is 21. The molecule has 3 aromatic carbocycles. The number of benzene rings is 3. The lowest BCUT2D eigenvalue weighted by molar-refractivity contribution is -0.445. The standard InChI is InChI=1S/C38H53N5O4.CH3NO2/c1-7-9-10-11-12-13-14-18-25-43(26-27-47-37(44)38(3,4)8-2)32-23-21-31(22-24-32)40-42-34-29-35(45-5)33(28-36(34)46-6)41-39-30-19-16-15-17-20-30;1-2(3)4/h15-17,19-24,28-29H,7-14,18,25-27H2,1-6H3;1H3. The Morgan fingerprint density at radius 1 is 0.745 bits per heavy atom. The molecule has 0 spiro atoms. The monoisotopic (exact) mass is 704 g/mol. The molecule has 0 heterocycles. The summed E-state index contributed by atoms with van der Waals surface area (Å²) in [6, 6.07) is 20.9. The minimum absolute atomic E-state index is 0.151. The molecule has 0 saturated heterocycles. The Labute approximate surface area is 303 Å². The number of nitrogens with zero attached hydrogens (tertiary/aromatic N) is 6. The molecule has 0 saturated carbocycles. The highest BCUT2D eigenvalue weighted by Gasteiger charge is 2.27. The van der Waals surface area contributed by atoms with Crippen LogP contribution in [0.2, 0.25) is 0 Å². The Morgan fingerprint density at radius 3 is 1.73 bits per heavy atom. The largest absolute Gasteiger partial charge is 0.494 e. The first-order valence-electron chi connectivity index (χ1n) is 17.8. The van der Waals surface area contributed by atoms with Gasteiger partial charge in [-0.15, -0.1) is 10.2 Å². The summed E-state index contributed by atoms with van der Waals surface area (Å²) in [4.78, 5) is 23.2. The first-order chi connectivity index (χ1) is 24.5. The number of carbonyl (C=O) groups is 1. The van der Waals surface area contributed by atoms with Crippen LogP contribution in [0.15, 0.2) is 87.2 Å². The van der Waals surface area contributed by atoms with Gasteiger partial charge in [0.1, 0.15) is 29.5 Å². The number of carbonyl (C=O) groups excluding carboxylic acids is 1. The number of ether oxygens (including phenoxy) is 3. The molecule has 0 fully saturated rings. The lowest BCUT2D eigenvalue weighted by Crippen LogP contribution is -2.32. The quantitative estimate of drug-likeness (QED) is 0.0353. The average Bonchev–Trinajstić information content (AvgIpc) is 3.13. The molecule has 0 N–H and O–H groups in total. The van der Waals surface area contributed by atoms with Crippen LogP contribution in [0.25, 0.3) is 0 Å². The number of esters is 1. The second kappa shape index (κ2) is 23.5. The summed E-state index contributed by atoms with van der Waals surface area (Å²) in [5.41, 5.74) is 3.06. The van der Waals surface area contributed by atoms with Crippen LogP contribution in [-0.2, 0) is 9.53 Å². The Bertz CT molecular complexity index is 1510. The van der Waals surface area contributed by atoms with Crippen molar-refractivity contribution in [1.82, 2.24) is 0 Å². The molecule has 0 unspecified atom stereocenters. The van der Waals surface area contributed by atoms with E-state index in [-0.39, 0.29) is 5.97 Å². The summed E-state index contributed by atoms with van der Waals surface area (Å²) in [5.74, 6) is 0.863. The van der Waals surface area contributed by atoms with Crippen molar-refractivity contribution in [2.24, 2.45) is 25.9 Å². The second-order valence-corrected chi connectivity index (χ2v) is 12.7. The van der Waals surface area contributed by atoms with Crippen LogP contribution in [0.4, 0.5) is 28.4 Å². The average molecular weight is 705 g/mol. The summed E-state index contributed by atoms with van der Waals surface area (Å²) >= 11 is 0. The summed E-state index contributed by atoms with van der Waals surface area (Å²) < 4.78 is 16.8. The summed E-state index contributed by atoms with van der Waals surface area (Å²) in [7, 11) is 4.04. The van der Waals surface area contributed by atoms with Gasteiger partial charge >= 0.3 is 5.97 Å². The van der Waals surface area contributed by atoms with Gasteiger partial charge in [0.05, 0.1) is 37.6 Å². The summed E-state index contributed by atoms with van der Waals surface area (Å²) in [6.45, 7) is 10.00. The third-order valence-corrected chi connectivity index (χ3v) is 8.31. The summed E-state index contributed by atoms with van der Waals surface area (Å²) in [6.07, 6.45) is 10.8. The van der Waals surface area contributed by atoms with Crippen LogP contribution in [0, 0.1) is 15.5 Å². The van der Waals surface area contributed by atoms with E-state index in [1.807, 2.05) is 75.4 Å². The highest BCUT2D eigenvalue weighted by molar-refractivity contribution is 5.75. The number of hydrogen-bond donors (Lipinski definition) is 0. The maximum atomic E-state index is 12.6. The van der Waals surface area contributed by atoms with E-state index in [2.05, 4.69) is 32.3 Å². The zero-order chi connectivity index (χ0) is 37.5. The molecule has 278 valence electrons. The first-order valence-corrected chi connectivity index (χ1v) is 17.8. The fourth-order valence-electron chi connectivity index (χ4n) is 4.86. The van der Waals surface area contributed by atoms with Gasteiger partial charge in [0, 0.05) is 29.3 Å². The van der Waals surface area contributed by atoms with Gasteiger partial charge in [0.15, 0.2) is 7.05 Å². The van der Waals surface area contributed by atoms with Gasteiger partial charge in [-0.25, -0.2) is 0 Å². The predicted octanol–water partition coefficient (Wildman–Crippen LogP) is 11.4. The maximum Gasteiger partial charge on any atom is 0.311 e. The van der Waals surface area contributed by atoms with E-state index in [9.17, 15) is 4.79 Å². The third kappa shape index (κ3) is 16.1. The smallest absolute Gasteiger partial charge is 0.311 e. The van der Waals surface area contributed by atoms with Crippen molar-refractivity contribution >= 4 is 34.4 Å². The fourth-order valence-corrected chi connectivity index (χ4v) is 4.86. The van der Waals surface area contributed by atoms with Gasteiger partial charge in [-0.2, -0.15) is 10.2 Å². The lowest BCUT2D eigenvalue weighted by atomic mass is 9.91. The van der Waals surface area contributed by atoms with Crippen LogP contribution < -0.4 is 14.4 Å². The molecule has 3 aromatic rings. The van der Waals surface area contributed by atoms with Crippen molar-refractivity contribution in [2.75, 3.05) is 45.9 Å². The van der Waals surface area contributed by atoms with E-state index >= 15 is 0 Å². The number of azo groups is 2. The van der Waals surface area contributed by atoms with Crippen molar-refractivity contribution in [2.45, 2.75) is 85.5 Å². The zero-order valence-electron chi connectivity index (χ0n) is 31.5. The number of hydrogen-bond acceptors (Lipinski definition) is 11. The molecule has 51 heavy (non-hydrogen) atoms. The molecule has 0 radical (unpaired) electrons. The van der Waals surface area contributed by atoms with Gasteiger partial charge in [-0.05, 0) is 63.1 Å². The highest BCUT2D eigenvalue weighted by Crippen LogP contribution is 2.41. The van der Waals surface area contributed by atoms with E-state index in [0.29, 0.717) is 41.7 Å². The van der Waals surface area contributed by atoms with Crippen LogP contribution in [-0.4, -0.2) is 51.9 Å². The molecule has 12 heteroatoms. The normalized spacial score (nSPS) is 11.3. The van der Waals surface area contributed by atoms with Crippen LogP contribution in [0.3, 0.4) is 0 Å². The number of unbranched alkanes of at least 4 members (excludes halogenated alkanes) is 7. The van der Waals surface area contributed by atoms with Crippen molar-refractivity contribution < 1.29 is 23.9 Å². The van der Waals surface area contributed by atoms with Gasteiger partial charge in [-0.1, -0.05) is 77.0 Å².